The molecular weight excluding hydrogens is 284 g/mol. The highest BCUT2D eigenvalue weighted by Gasteiger charge is 2.14. The van der Waals surface area contributed by atoms with Gasteiger partial charge in [-0.1, -0.05) is 42.5 Å². The van der Waals surface area contributed by atoms with E-state index in [1.807, 2.05) is 0 Å². The molecule has 0 bridgehead atoms. The van der Waals surface area contributed by atoms with Crippen LogP contribution in [0, 0.1) is 0 Å². The zero-order valence-electron chi connectivity index (χ0n) is 11.4. The number of rotatable bonds is 5. The second kappa shape index (κ2) is 6.49. The third kappa shape index (κ3) is 3.27. The number of ketones is 1. The monoisotopic (exact) mass is 296 g/mol. The van der Waals surface area contributed by atoms with Crippen LogP contribution in [0.1, 0.15) is 36.6 Å². The van der Waals surface area contributed by atoms with Crippen molar-refractivity contribution >= 4 is 23.8 Å². The molecule has 110 valence electrons. The Morgan fingerprint density at radius 1 is 0.727 bits per heavy atom. The van der Waals surface area contributed by atoms with Crippen LogP contribution in [0.15, 0.2) is 54.6 Å². The Kier molecular flexibility index (Phi) is 4.48. The van der Waals surface area contributed by atoms with E-state index in [0.29, 0.717) is 5.56 Å². The minimum absolute atomic E-state index is 0.0547. The van der Waals surface area contributed by atoms with Crippen molar-refractivity contribution in [1.82, 2.24) is 0 Å². The Hall–Kier alpha value is -3.21. The van der Waals surface area contributed by atoms with Crippen molar-refractivity contribution in [3.8, 4) is 0 Å². The van der Waals surface area contributed by atoms with Gasteiger partial charge >= 0.3 is 11.9 Å². The van der Waals surface area contributed by atoms with Gasteiger partial charge in [0.1, 0.15) is 0 Å². The van der Waals surface area contributed by atoms with E-state index in [0.717, 1.165) is 0 Å². The largest absolute Gasteiger partial charge is 0.478 e. The highest BCUT2D eigenvalue weighted by Crippen LogP contribution is 2.14. The molecule has 2 rings (SSSR count). The first-order valence-corrected chi connectivity index (χ1v) is 6.37. The van der Waals surface area contributed by atoms with E-state index in [1.165, 1.54) is 36.4 Å². The summed E-state index contributed by atoms with van der Waals surface area (Å²) in [5.41, 5.74) is 0.400. The van der Waals surface area contributed by atoms with Crippen LogP contribution in [0.25, 0.3) is 6.08 Å². The van der Waals surface area contributed by atoms with Crippen LogP contribution in [0.3, 0.4) is 0 Å². The number of carbonyl (C=O) groups is 3. The predicted octanol–water partition coefficient (Wildman–Crippen LogP) is 2.98. The van der Waals surface area contributed by atoms with Crippen molar-refractivity contribution in [1.29, 1.82) is 0 Å². The van der Waals surface area contributed by atoms with Gasteiger partial charge in [0.25, 0.3) is 0 Å². The Bertz CT molecular complexity index is 774. The van der Waals surface area contributed by atoms with E-state index in [1.54, 1.807) is 24.3 Å². The van der Waals surface area contributed by atoms with Gasteiger partial charge in [0.05, 0.1) is 11.1 Å². The molecule has 0 unspecified atom stereocenters. The standard InChI is InChI=1S/C17H12O5/c18-15(13-7-3-4-8-14(13)17(21)22)10-9-11-5-1-2-6-12(11)16(19)20/h1-10H,(H,19,20)(H,21,22)/b10-9+. The molecule has 5 heteroatoms. The lowest BCUT2D eigenvalue weighted by Gasteiger charge is -2.02. The summed E-state index contributed by atoms with van der Waals surface area (Å²) in [6, 6.07) is 12.1. The Morgan fingerprint density at radius 2 is 1.23 bits per heavy atom. The summed E-state index contributed by atoms with van der Waals surface area (Å²) >= 11 is 0. The Balaban J connectivity index is 2.34. The van der Waals surface area contributed by atoms with E-state index in [-0.39, 0.29) is 16.7 Å². The third-order valence-corrected chi connectivity index (χ3v) is 3.03. The number of allylic oxidation sites excluding steroid dienone is 1. The van der Waals surface area contributed by atoms with Gasteiger partial charge in [0.15, 0.2) is 5.78 Å². The van der Waals surface area contributed by atoms with Gasteiger partial charge < -0.3 is 10.2 Å². The third-order valence-electron chi connectivity index (χ3n) is 3.03. The maximum Gasteiger partial charge on any atom is 0.336 e. The molecule has 5 nitrogen and oxygen atoms in total. The molecule has 0 aliphatic rings. The molecule has 2 aromatic rings. The predicted molar refractivity (Wildman–Crippen MR) is 80.2 cm³/mol. The first kappa shape index (κ1) is 15.2. The number of hydrogen-bond acceptors (Lipinski definition) is 3. The van der Waals surface area contributed by atoms with Gasteiger partial charge in [-0.25, -0.2) is 9.59 Å². The summed E-state index contributed by atoms with van der Waals surface area (Å²) < 4.78 is 0. The molecule has 0 spiro atoms. The van der Waals surface area contributed by atoms with Gasteiger partial charge in [-0.15, -0.1) is 0 Å². The Labute approximate surface area is 126 Å². The molecule has 0 fully saturated rings. The van der Waals surface area contributed by atoms with Crippen LogP contribution in [-0.4, -0.2) is 27.9 Å². The second-order valence-electron chi connectivity index (χ2n) is 4.44. The molecule has 0 amide bonds. The van der Waals surface area contributed by atoms with Gasteiger partial charge in [-0.3, -0.25) is 4.79 Å². The van der Waals surface area contributed by atoms with Crippen LogP contribution < -0.4 is 0 Å². The van der Waals surface area contributed by atoms with Crippen LogP contribution in [0.4, 0.5) is 0 Å². The molecule has 0 atom stereocenters. The maximum atomic E-state index is 12.1. The number of carboxylic acid groups (broad SMARTS) is 2. The molecule has 0 heterocycles. The molecule has 2 aromatic carbocycles. The minimum atomic E-state index is -1.19. The quantitative estimate of drug-likeness (QED) is 0.653. The van der Waals surface area contributed by atoms with Gasteiger partial charge in [-0.05, 0) is 23.8 Å². The summed E-state index contributed by atoms with van der Waals surface area (Å²) in [5, 5.41) is 18.1. The number of benzene rings is 2. The number of carboxylic acids is 2. The van der Waals surface area contributed by atoms with Crippen molar-refractivity contribution in [2.75, 3.05) is 0 Å². The molecule has 0 aliphatic carbocycles. The van der Waals surface area contributed by atoms with Crippen molar-refractivity contribution < 1.29 is 24.6 Å². The molecule has 0 radical (unpaired) electrons. The second-order valence-corrected chi connectivity index (χ2v) is 4.44. The SMILES string of the molecule is O=C(O)c1ccccc1/C=C/C(=O)c1ccccc1C(=O)O. The summed E-state index contributed by atoms with van der Waals surface area (Å²) in [4.78, 5) is 34.3. The fourth-order valence-corrected chi connectivity index (χ4v) is 1.98. The molecule has 0 saturated carbocycles. The highest BCUT2D eigenvalue weighted by molar-refractivity contribution is 6.12. The topological polar surface area (TPSA) is 91.7 Å². The first-order valence-electron chi connectivity index (χ1n) is 6.37. The number of aromatic carboxylic acids is 2. The fraction of sp³-hybridized carbons (Fsp3) is 0. The maximum absolute atomic E-state index is 12.1. The minimum Gasteiger partial charge on any atom is -0.478 e. The molecule has 0 saturated heterocycles. The molecular formula is C17H12O5. The highest BCUT2D eigenvalue weighted by atomic mass is 16.4. The van der Waals surface area contributed by atoms with E-state index in [4.69, 9.17) is 10.2 Å². The first-order chi connectivity index (χ1) is 10.5. The smallest absolute Gasteiger partial charge is 0.336 e. The van der Waals surface area contributed by atoms with Gasteiger partial charge in [0, 0.05) is 5.56 Å². The van der Waals surface area contributed by atoms with Crippen molar-refractivity contribution in [2.24, 2.45) is 0 Å². The van der Waals surface area contributed by atoms with Gasteiger partial charge in [0.2, 0.25) is 0 Å². The zero-order chi connectivity index (χ0) is 16.1. The lowest BCUT2D eigenvalue weighted by Crippen LogP contribution is -2.06. The van der Waals surface area contributed by atoms with Crippen LogP contribution >= 0.6 is 0 Å². The molecule has 0 aromatic heterocycles. The molecule has 22 heavy (non-hydrogen) atoms. The summed E-state index contributed by atoms with van der Waals surface area (Å²) in [7, 11) is 0. The van der Waals surface area contributed by atoms with E-state index in [2.05, 4.69) is 0 Å². The lowest BCUT2D eigenvalue weighted by molar-refractivity contribution is 0.0685. The van der Waals surface area contributed by atoms with Gasteiger partial charge in [-0.2, -0.15) is 0 Å². The van der Waals surface area contributed by atoms with Crippen LogP contribution in [0.2, 0.25) is 0 Å². The Morgan fingerprint density at radius 3 is 1.82 bits per heavy atom. The summed E-state index contributed by atoms with van der Waals surface area (Å²) in [6.07, 6.45) is 2.54. The van der Waals surface area contributed by atoms with E-state index in [9.17, 15) is 14.4 Å². The molecule has 2 N–H and O–H groups in total. The summed E-state index contributed by atoms with van der Waals surface area (Å²) in [5.74, 6) is -2.79. The van der Waals surface area contributed by atoms with Crippen molar-refractivity contribution in [3.63, 3.8) is 0 Å². The normalized spacial score (nSPS) is 10.5. The van der Waals surface area contributed by atoms with E-state index < -0.39 is 17.7 Å². The molecule has 0 aliphatic heterocycles. The van der Waals surface area contributed by atoms with Crippen molar-refractivity contribution in [3.05, 3.63) is 76.9 Å². The van der Waals surface area contributed by atoms with Crippen LogP contribution in [-0.2, 0) is 0 Å². The summed E-state index contributed by atoms with van der Waals surface area (Å²) in [6.45, 7) is 0. The van der Waals surface area contributed by atoms with Crippen LogP contribution in [0.5, 0.6) is 0 Å². The van der Waals surface area contributed by atoms with Crippen molar-refractivity contribution in [2.45, 2.75) is 0 Å². The number of hydrogen-bond donors (Lipinski definition) is 2. The average molecular weight is 296 g/mol. The number of carbonyl (C=O) groups excluding carboxylic acids is 1. The zero-order valence-corrected chi connectivity index (χ0v) is 11.4. The van der Waals surface area contributed by atoms with E-state index >= 15 is 0 Å². The fourth-order valence-electron chi connectivity index (χ4n) is 1.98. The lowest BCUT2D eigenvalue weighted by atomic mass is 10.0. The average Bonchev–Trinajstić information content (AvgIpc) is 2.52.